The summed E-state index contributed by atoms with van der Waals surface area (Å²) in [7, 11) is 0. The molecule has 1 saturated heterocycles. The largest absolute Gasteiger partial charge is 0.480 e. The highest BCUT2D eigenvalue weighted by atomic mass is 35.5. The Labute approximate surface area is 235 Å². The molecule has 3 unspecified atom stereocenters. The third-order valence-corrected chi connectivity index (χ3v) is 7.22. The van der Waals surface area contributed by atoms with E-state index < -0.39 is 35.5 Å². The van der Waals surface area contributed by atoms with Crippen molar-refractivity contribution in [2.75, 3.05) is 4.90 Å². The Morgan fingerprint density at radius 2 is 1.69 bits per heavy atom. The van der Waals surface area contributed by atoms with Crippen LogP contribution in [0.25, 0.3) is 0 Å². The van der Waals surface area contributed by atoms with Crippen molar-refractivity contribution >= 4 is 41.0 Å². The number of nitrogens with one attached hydrogen (secondary N) is 1. The first kappa shape index (κ1) is 30.2. The molecule has 9 heteroatoms. The molecule has 1 heterocycles. The lowest BCUT2D eigenvalue weighted by Crippen LogP contribution is -2.51. The molecule has 1 aliphatic heterocycles. The smallest absolute Gasteiger partial charge is 0.326 e. The minimum Gasteiger partial charge on any atom is -0.480 e. The fraction of sp³-hybridized carbons (Fsp3) is 0.467. The van der Waals surface area contributed by atoms with Crippen LogP contribution in [0.1, 0.15) is 69.4 Å². The molecular formula is C30H38ClN3O5. The van der Waals surface area contributed by atoms with Crippen molar-refractivity contribution in [3.8, 4) is 0 Å². The minimum atomic E-state index is -1.18. The lowest BCUT2D eigenvalue weighted by Gasteiger charge is -2.40. The second-order valence-corrected chi connectivity index (χ2v) is 12.1. The van der Waals surface area contributed by atoms with Gasteiger partial charge in [0.15, 0.2) is 0 Å². The second-order valence-electron chi connectivity index (χ2n) is 11.7. The average Bonchev–Trinajstić information content (AvgIpc) is 3.11. The zero-order chi connectivity index (χ0) is 29.2. The Morgan fingerprint density at radius 3 is 2.18 bits per heavy atom. The highest BCUT2D eigenvalue weighted by Crippen LogP contribution is 2.39. The lowest BCUT2D eigenvalue weighted by molar-refractivity contribution is -0.139. The maximum absolute atomic E-state index is 13.7. The van der Waals surface area contributed by atoms with E-state index in [0.717, 1.165) is 0 Å². The number of carboxylic acids is 1. The number of anilines is 1. The molecule has 0 bridgehead atoms. The van der Waals surface area contributed by atoms with Gasteiger partial charge in [0, 0.05) is 24.4 Å². The van der Waals surface area contributed by atoms with Crippen LogP contribution in [0.2, 0.25) is 5.02 Å². The molecule has 39 heavy (non-hydrogen) atoms. The molecule has 2 aromatic carbocycles. The number of carbonyl (C=O) groups excluding carboxylic acids is 3. The van der Waals surface area contributed by atoms with Gasteiger partial charge in [-0.1, -0.05) is 70.5 Å². The number of nitrogens with zero attached hydrogens (tertiary/aromatic N) is 2. The first-order valence-corrected chi connectivity index (χ1v) is 13.5. The van der Waals surface area contributed by atoms with Crippen molar-refractivity contribution in [3.63, 3.8) is 0 Å². The predicted molar refractivity (Wildman–Crippen MR) is 152 cm³/mol. The summed E-state index contributed by atoms with van der Waals surface area (Å²) in [6.07, 6.45) is 0.128. The zero-order valence-electron chi connectivity index (χ0n) is 23.6. The third kappa shape index (κ3) is 6.61. The van der Waals surface area contributed by atoms with Gasteiger partial charge in [0.05, 0.1) is 10.6 Å². The Kier molecular flexibility index (Phi) is 9.11. The van der Waals surface area contributed by atoms with Crippen molar-refractivity contribution in [1.29, 1.82) is 0 Å². The number of halogens is 1. The maximum Gasteiger partial charge on any atom is 0.326 e. The molecule has 0 saturated carbocycles. The molecule has 0 radical (unpaired) electrons. The quantitative estimate of drug-likeness (QED) is 0.473. The molecule has 8 nitrogen and oxygen atoms in total. The summed E-state index contributed by atoms with van der Waals surface area (Å²) >= 11 is 6.19. The molecule has 1 fully saturated rings. The molecule has 0 aliphatic carbocycles. The summed E-state index contributed by atoms with van der Waals surface area (Å²) in [4.78, 5) is 54.6. The van der Waals surface area contributed by atoms with Crippen molar-refractivity contribution in [2.24, 2.45) is 11.3 Å². The number of carbonyl (C=O) groups is 4. The van der Waals surface area contributed by atoms with Crippen LogP contribution in [0.3, 0.4) is 0 Å². The van der Waals surface area contributed by atoms with E-state index >= 15 is 0 Å². The lowest BCUT2D eigenvalue weighted by atomic mass is 9.90. The van der Waals surface area contributed by atoms with Gasteiger partial charge in [-0.05, 0) is 48.6 Å². The van der Waals surface area contributed by atoms with Crippen LogP contribution in [0.15, 0.2) is 42.5 Å². The molecule has 2 aromatic rings. The number of hydrogen-bond acceptors (Lipinski definition) is 4. The van der Waals surface area contributed by atoms with Crippen LogP contribution in [0, 0.1) is 18.3 Å². The molecule has 3 rings (SSSR count). The number of amides is 3. The molecule has 0 spiro atoms. The molecule has 210 valence electrons. The van der Waals surface area contributed by atoms with E-state index in [1.54, 1.807) is 59.2 Å². The van der Waals surface area contributed by atoms with E-state index in [2.05, 4.69) is 5.32 Å². The number of aliphatic carboxylic acids is 1. The molecule has 3 atom stereocenters. The highest BCUT2D eigenvalue weighted by molar-refractivity contribution is 6.34. The van der Waals surface area contributed by atoms with Gasteiger partial charge in [-0.3, -0.25) is 19.3 Å². The highest BCUT2D eigenvalue weighted by Gasteiger charge is 2.52. The van der Waals surface area contributed by atoms with E-state index in [1.807, 2.05) is 34.6 Å². The number of hydrogen-bond donors (Lipinski definition) is 2. The molecule has 3 amide bonds. The van der Waals surface area contributed by atoms with E-state index in [9.17, 15) is 24.3 Å². The van der Waals surface area contributed by atoms with E-state index in [0.29, 0.717) is 23.2 Å². The van der Waals surface area contributed by atoms with Gasteiger partial charge in [0.25, 0.3) is 11.8 Å². The Bertz CT molecular complexity index is 1230. The first-order chi connectivity index (χ1) is 18.1. The maximum atomic E-state index is 13.7. The fourth-order valence-corrected chi connectivity index (χ4v) is 5.51. The first-order valence-electron chi connectivity index (χ1n) is 13.1. The van der Waals surface area contributed by atoms with Crippen molar-refractivity contribution in [3.05, 3.63) is 64.2 Å². The standard InChI is InChI=1S/C30H38ClN3O5/c1-17(2)15-24-27(37)34(29(30(5,6)7)33(24)19(4)35)21-13-11-20(12-14-21)16-23(28(38)39)32-26(36)25-18(3)9-8-10-22(25)31/h8-14,17,23-24,29H,15-16H2,1-7H3,(H,32,36)(H,38,39). The summed E-state index contributed by atoms with van der Waals surface area (Å²) in [5.74, 6) is -1.78. The van der Waals surface area contributed by atoms with Gasteiger partial charge in [0.2, 0.25) is 5.91 Å². The topological polar surface area (TPSA) is 107 Å². The van der Waals surface area contributed by atoms with Crippen molar-refractivity contribution in [1.82, 2.24) is 10.2 Å². The second kappa shape index (κ2) is 11.8. The normalized spacial score (nSPS) is 18.4. The van der Waals surface area contributed by atoms with Crippen LogP contribution in [0.5, 0.6) is 0 Å². The van der Waals surface area contributed by atoms with Crippen LogP contribution in [0.4, 0.5) is 5.69 Å². The van der Waals surface area contributed by atoms with Gasteiger partial charge >= 0.3 is 5.97 Å². The number of carboxylic acid groups (broad SMARTS) is 1. The van der Waals surface area contributed by atoms with E-state index in [1.165, 1.54) is 6.92 Å². The monoisotopic (exact) mass is 555 g/mol. The Balaban J connectivity index is 1.87. The van der Waals surface area contributed by atoms with Gasteiger partial charge < -0.3 is 15.3 Å². The number of benzene rings is 2. The average molecular weight is 556 g/mol. The van der Waals surface area contributed by atoms with E-state index in [-0.39, 0.29) is 34.7 Å². The third-order valence-electron chi connectivity index (χ3n) is 6.91. The number of rotatable bonds is 8. The summed E-state index contributed by atoms with van der Waals surface area (Å²) in [6, 6.07) is 10.3. The molecule has 1 aliphatic rings. The van der Waals surface area contributed by atoms with Crippen LogP contribution >= 0.6 is 11.6 Å². The Morgan fingerprint density at radius 1 is 1.08 bits per heavy atom. The van der Waals surface area contributed by atoms with Crippen LogP contribution < -0.4 is 10.2 Å². The summed E-state index contributed by atoms with van der Waals surface area (Å²) in [5, 5.41) is 12.6. The van der Waals surface area contributed by atoms with Gasteiger partial charge in [0.1, 0.15) is 18.2 Å². The van der Waals surface area contributed by atoms with E-state index in [4.69, 9.17) is 11.6 Å². The minimum absolute atomic E-state index is 0.0387. The van der Waals surface area contributed by atoms with Crippen LogP contribution in [-0.2, 0) is 20.8 Å². The Hall–Kier alpha value is -3.39. The predicted octanol–water partition coefficient (Wildman–Crippen LogP) is 5.06. The fourth-order valence-electron chi connectivity index (χ4n) is 5.20. The van der Waals surface area contributed by atoms with Gasteiger partial charge in [-0.25, -0.2) is 4.79 Å². The zero-order valence-corrected chi connectivity index (χ0v) is 24.4. The van der Waals surface area contributed by atoms with Crippen molar-refractivity contribution in [2.45, 2.75) is 79.6 Å². The molecular weight excluding hydrogens is 518 g/mol. The summed E-state index contributed by atoms with van der Waals surface area (Å²) in [5.41, 5.74) is 1.77. The summed E-state index contributed by atoms with van der Waals surface area (Å²) in [6.45, 7) is 13.3. The van der Waals surface area contributed by atoms with Crippen LogP contribution in [-0.4, -0.2) is 51.9 Å². The summed E-state index contributed by atoms with van der Waals surface area (Å²) < 4.78 is 0. The number of aryl methyl sites for hydroxylation is 1. The van der Waals surface area contributed by atoms with Crippen molar-refractivity contribution < 1.29 is 24.3 Å². The van der Waals surface area contributed by atoms with Gasteiger partial charge in [-0.2, -0.15) is 0 Å². The molecule has 0 aromatic heterocycles. The SMILES string of the molecule is CC(=O)N1C(CC(C)C)C(=O)N(c2ccc(CC(NC(=O)c3c(C)cccc3Cl)C(=O)O)cc2)C1C(C)(C)C. The van der Waals surface area contributed by atoms with Gasteiger partial charge in [-0.15, -0.1) is 0 Å². The molecule has 2 N–H and O–H groups in total.